The van der Waals surface area contributed by atoms with Crippen molar-refractivity contribution in [2.24, 2.45) is 5.73 Å². The smallest absolute Gasteiger partial charge is 0.322 e. The minimum Gasteiger partial charge on any atom is -0.351 e. The number of hydrogen-bond donors (Lipinski definition) is 2. The van der Waals surface area contributed by atoms with E-state index < -0.39 is 6.03 Å². The van der Waals surface area contributed by atoms with Crippen LogP contribution in [0.1, 0.15) is 0 Å². The van der Waals surface area contributed by atoms with Crippen LogP contribution in [0.5, 0.6) is 0 Å². The zero-order chi connectivity index (χ0) is 8.10. The molecule has 2 amide bonds. The van der Waals surface area contributed by atoms with E-state index in [1.54, 1.807) is 18.3 Å². The van der Waals surface area contributed by atoms with Gasteiger partial charge in [-0.3, -0.25) is 4.72 Å². The second-order valence-corrected chi connectivity index (χ2v) is 2.56. The van der Waals surface area contributed by atoms with Crippen molar-refractivity contribution in [2.75, 3.05) is 0 Å². The Hall–Kier alpha value is -1.23. The molecule has 0 fully saturated rings. The number of pyridine rings is 1. The van der Waals surface area contributed by atoms with Crippen molar-refractivity contribution in [3.05, 3.63) is 24.4 Å². The molecule has 0 saturated carbocycles. The van der Waals surface area contributed by atoms with E-state index in [4.69, 9.17) is 5.73 Å². The molecule has 0 saturated heterocycles. The van der Waals surface area contributed by atoms with Gasteiger partial charge in [0, 0.05) is 18.1 Å². The lowest BCUT2D eigenvalue weighted by atomic mass is 10.5. The summed E-state index contributed by atoms with van der Waals surface area (Å²) in [6, 6.07) is 4.84. The first kappa shape index (κ1) is 7.87. The molecule has 5 heteroatoms. The van der Waals surface area contributed by atoms with Crippen LogP contribution in [0.4, 0.5) is 4.79 Å². The molecule has 3 N–H and O–H groups in total. The number of nitrogens with one attached hydrogen (secondary N) is 1. The van der Waals surface area contributed by atoms with Crippen molar-refractivity contribution in [2.45, 2.75) is 5.03 Å². The minimum atomic E-state index is -0.569. The second kappa shape index (κ2) is 3.82. The highest BCUT2D eigenvalue weighted by Crippen LogP contribution is 2.08. The number of aromatic nitrogens is 1. The third-order valence-electron chi connectivity index (χ3n) is 0.894. The van der Waals surface area contributed by atoms with E-state index in [2.05, 4.69) is 9.71 Å². The van der Waals surface area contributed by atoms with E-state index in [-0.39, 0.29) is 0 Å². The molecule has 0 bridgehead atoms. The Morgan fingerprint density at radius 2 is 2.45 bits per heavy atom. The standard InChI is InChI=1S/C6H7N3OS/c7-6(10)9-11-5-3-1-2-4-8-5/h1-4H,(H3,7,9,10). The van der Waals surface area contributed by atoms with Gasteiger partial charge >= 0.3 is 6.03 Å². The van der Waals surface area contributed by atoms with E-state index in [0.29, 0.717) is 5.03 Å². The normalized spacial score (nSPS) is 9.09. The zero-order valence-electron chi connectivity index (χ0n) is 5.65. The van der Waals surface area contributed by atoms with Crippen molar-refractivity contribution in [1.29, 1.82) is 0 Å². The predicted octanol–water partition coefficient (Wildman–Crippen LogP) is 0.757. The summed E-state index contributed by atoms with van der Waals surface area (Å²) in [4.78, 5) is 14.2. The summed E-state index contributed by atoms with van der Waals surface area (Å²) in [6.45, 7) is 0. The average molecular weight is 169 g/mol. The van der Waals surface area contributed by atoms with Crippen LogP contribution in [0.25, 0.3) is 0 Å². The van der Waals surface area contributed by atoms with Gasteiger partial charge in [-0.15, -0.1) is 0 Å². The first-order chi connectivity index (χ1) is 5.29. The van der Waals surface area contributed by atoms with Crippen LogP contribution < -0.4 is 10.5 Å². The Kier molecular flexibility index (Phi) is 2.74. The predicted molar refractivity (Wildman–Crippen MR) is 42.8 cm³/mol. The van der Waals surface area contributed by atoms with Crippen LogP contribution in [0.2, 0.25) is 0 Å². The summed E-state index contributed by atoms with van der Waals surface area (Å²) in [5.41, 5.74) is 4.84. The molecule has 0 atom stereocenters. The number of hydrogen-bond acceptors (Lipinski definition) is 3. The van der Waals surface area contributed by atoms with Gasteiger partial charge in [-0.2, -0.15) is 0 Å². The van der Waals surface area contributed by atoms with E-state index in [9.17, 15) is 4.79 Å². The molecule has 58 valence electrons. The summed E-state index contributed by atoms with van der Waals surface area (Å²) in [5.74, 6) is 0. The summed E-state index contributed by atoms with van der Waals surface area (Å²) in [6.07, 6.45) is 1.64. The first-order valence-electron chi connectivity index (χ1n) is 2.92. The number of nitrogens with two attached hydrogens (primary N) is 1. The number of carbonyl (C=O) groups excluding carboxylic acids is 1. The second-order valence-electron chi connectivity index (χ2n) is 1.74. The molecule has 0 radical (unpaired) electrons. The third-order valence-corrected chi connectivity index (χ3v) is 1.65. The Bertz CT molecular complexity index is 239. The van der Waals surface area contributed by atoms with Gasteiger partial charge in [0.05, 0.1) is 0 Å². The number of primary amides is 1. The highest BCUT2D eigenvalue weighted by molar-refractivity contribution is 7.97. The SMILES string of the molecule is NC(=O)NSc1ccccn1. The number of amides is 2. The number of nitrogens with zero attached hydrogens (tertiary/aromatic N) is 1. The third kappa shape index (κ3) is 2.90. The van der Waals surface area contributed by atoms with Gasteiger partial charge in [-0.05, 0) is 12.1 Å². The summed E-state index contributed by atoms with van der Waals surface area (Å²) in [7, 11) is 0. The van der Waals surface area contributed by atoms with E-state index >= 15 is 0 Å². The fourth-order valence-corrected chi connectivity index (χ4v) is 0.975. The van der Waals surface area contributed by atoms with Gasteiger partial charge in [-0.25, -0.2) is 9.78 Å². The lowest BCUT2D eigenvalue weighted by molar-refractivity contribution is 0.254. The van der Waals surface area contributed by atoms with Crippen molar-refractivity contribution >= 4 is 18.0 Å². The molecule has 0 aliphatic carbocycles. The number of urea groups is 1. The molecule has 0 unspecified atom stereocenters. The lowest BCUT2D eigenvalue weighted by Gasteiger charge is -1.97. The van der Waals surface area contributed by atoms with Crippen LogP contribution in [-0.2, 0) is 0 Å². The Balaban J connectivity index is 2.45. The van der Waals surface area contributed by atoms with Gasteiger partial charge in [0.25, 0.3) is 0 Å². The Labute approximate surface area is 68.3 Å². The van der Waals surface area contributed by atoms with Gasteiger partial charge in [0.15, 0.2) is 0 Å². The minimum absolute atomic E-state index is 0.569. The molecule has 1 aromatic rings. The largest absolute Gasteiger partial charge is 0.351 e. The van der Waals surface area contributed by atoms with Crippen LogP contribution in [0.15, 0.2) is 29.4 Å². The molecular formula is C6H7N3OS. The van der Waals surface area contributed by atoms with Gasteiger partial charge in [0.1, 0.15) is 5.03 Å². The maximum Gasteiger partial charge on any atom is 0.322 e. The monoisotopic (exact) mass is 169 g/mol. The van der Waals surface area contributed by atoms with Crippen LogP contribution in [0.3, 0.4) is 0 Å². The molecule has 4 nitrogen and oxygen atoms in total. The Morgan fingerprint density at radius 3 is 3.00 bits per heavy atom. The molecule has 1 heterocycles. The molecule has 0 aliphatic heterocycles. The molecule has 0 spiro atoms. The topological polar surface area (TPSA) is 68.0 Å². The van der Waals surface area contributed by atoms with E-state index in [1.165, 1.54) is 0 Å². The maximum atomic E-state index is 10.2. The number of carbonyl (C=O) groups is 1. The summed E-state index contributed by atoms with van der Waals surface area (Å²) in [5, 5.41) is 0.714. The van der Waals surface area contributed by atoms with Gasteiger partial charge in [-0.1, -0.05) is 6.07 Å². The summed E-state index contributed by atoms with van der Waals surface area (Å²) < 4.78 is 2.35. The summed E-state index contributed by atoms with van der Waals surface area (Å²) >= 11 is 1.09. The molecule has 0 aliphatic rings. The highest BCUT2D eigenvalue weighted by Gasteiger charge is 1.94. The lowest BCUT2D eigenvalue weighted by Crippen LogP contribution is -2.22. The number of rotatable bonds is 2. The van der Waals surface area contributed by atoms with Crippen molar-refractivity contribution < 1.29 is 4.79 Å². The van der Waals surface area contributed by atoms with Crippen LogP contribution in [0, 0.1) is 0 Å². The van der Waals surface area contributed by atoms with Crippen LogP contribution in [-0.4, -0.2) is 11.0 Å². The van der Waals surface area contributed by atoms with E-state index in [1.807, 2.05) is 6.07 Å². The average Bonchev–Trinajstić information content (AvgIpc) is 2.03. The molecular weight excluding hydrogens is 162 g/mol. The molecule has 11 heavy (non-hydrogen) atoms. The van der Waals surface area contributed by atoms with Crippen molar-refractivity contribution in [1.82, 2.24) is 9.71 Å². The van der Waals surface area contributed by atoms with Crippen molar-refractivity contribution in [3.63, 3.8) is 0 Å². The molecule has 0 aromatic carbocycles. The molecule has 1 rings (SSSR count). The van der Waals surface area contributed by atoms with Gasteiger partial charge < -0.3 is 5.73 Å². The molecule has 1 aromatic heterocycles. The quantitative estimate of drug-likeness (QED) is 0.642. The highest BCUT2D eigenvalue weighted by atomic mass is 32.2. The fraction of sp³-hybridized carbons (Fsp3) is 0. The maximum absolute atomic E-state index is 10.2. The first-order valence-corrected chi connectivity index (χ1v) is 3.74. The Morgan fingerprint density at radius 1 is 1.64 bits per heavy atom. The van der Waals surface area contributed by atoms with Crippen molar-refractivity contribution in [3.8, 4) is 0 Å². The fourth-order valence-electron chi connectivity index (χ4n) is 0.510. The zero-order valence-corrected chi connectivity index (χ0v) is 6.47. The van der Waals surface area contributed by atoms with Gasteiger partial charge in [0.2, 0.25) is 0 Å². The van der Waals surface area contributed by atoms with Crippen LogP contribution >= 0.6 is 11.9 Å². The van der Waals surface area contributed by atoms with E-state index in [0.717, 1.165) is 11.9 Å².